The van der Waals surface area contributed by atoms with E-state index < -0.39 is 11.0 Å². The molecule has 118 valence electrons. The number of rotatable bonds is 7. The molecule has 1 aromatic rings. The van der Waals surface area contributed by atoms with Gasteiger partial charge in [-0.2, -0.15) is 0 Å². The van der Waals surface area contributed by atoms with Crippen LogP contribution in [0.2, 0.25) is 0 Å². The fourth-order valence-electron chi connectivity index (χ4n) is 1.61. The van der Waals surface area contributed by atoms with Crippen molar-refractivity contribution in [2.75, 3.05) is 6.61 Å². The van der Waals surface area contributed by atoms with Crippen LogP contribution < -0.4 is 10.1 Å². The molecule has 0 bridgehead atoms. The Balaban J connectivity index is 2.87. The minimum atomic E-state index is -0.624. The van der Waals surface area contributed by atoms with Crippen molar-refractivity contribution < 1.29 is 14.8 Å². The van der Waals surface area contributed by atoms with Crippen LogP contribution in [0, 0.1) is 10.1 Å². The Kier molecular flexibility index (Phi) is 6.11. The lowest BCUT2D eigenvalue weighted by atomic mass is 10.1. The molecule has 21 heavy (non-hydrogen) atoms. The topological polar surface area (TPSA) is 84.6 Å². The molecule has 0 aliphatic carbocycles. The SMILES string of the molecule is CCC(O)COc1cc(CNC(C)(C)C)ccc1[N+](=O)[O-]. The molecule has 1 rings (SSSR count). The molecule has 0 heterocycles. The number of aliphatic hydroxyl groups excluding tert-OH is 1. The predicted octanol–water partition coefficient (Wildman–Crippen LogP) is 2.63. The minimum Gasteiger partial charge on any atom is -0.484 e. The number of nitro groups is 1. The van der Waals surface area contributed by atoms with E-state index >= 15 is 0 Å². The first-order valence-electron chi connectivity index (χ1n) is 7.06. The standard InChI is InChI=1S/C15H24N2O4/c1-5-12(18)10-21-14-8-11(9-16-15(2,3)4)6-7-13(14)17(19)20/h6-8,12,16,18H,5,9-10H2,1-4H3. The van der Waals surface area contributed by atoms with E-state index in [1.54, 1.807) is 12.1 Å². The zero-order valence-electron chi connectivity index (χ0n) is 13.0. The first kappa shape index (κ1) is 17.4. The molecule has 0 amide bonds. The maximum absolute atomic E-state index is 11.0. The number of hydrogen-bond donors (Lipinski definition) is 2. The Morgan fingerprint density at radius 2 is 2.10 bits per heavy atom. The van der Waals surface area contributed by atoms with Crippen LogP contribution in [-0.4, -0.2) is 28.3 Å². The maximum atomic E-state index is 11.0. The Morgan fingerprint density at radius 3 is 2.62 bits per heavy atom. The van der Waals surface area contributed by atoms with Crippen LogP contribution in [0.3, 0.4) is 0 Å². The van der Waals surface area contributed by atoms with Gasteiger partial charge in [0.1, 0.15) is 6.61 Å². The largest absolute Gasteiger partial charge is 0.484 e. The Morgan fingerprint density at radius 1 is 1.43 bits per heavy atom. The summed E-state index contributed by atoms with van der Waals surface area (Å²) in [5.74, 6) is 0.195. The van der Waals surface area contributed by atoms with Gasteiger partial charge >= 0.3 is 5.69 Å². The summed E-state index contributed by atoms with van der Waals surface area (Å²) in [6, 6.07) is 4.80. The van der Waals surface area contributed by atoms with Crippen molar-refractivity contribution >= 4 is 5.69 Å². The van der Waals surface area contributed by atoms with Gasteiger partial charge in [-0.05, 0) is 38.8 Å². The Hall–Kier alpha value is -1.66. The summed E-state index contributed by atoms with van der Waals surface area (Å²) in [7, 11) is 0. The van der Waals surface area contributed by atoms with E-state index in [0.717, 1.165) is 5.56 Å². The molecule has 2 N–H and O–H groups in total. The molecule has 0 aliphatic rings. The fraction of sp³-hybridized carbons (Fsp3) is 0.600. The zero-order chi connectivity index (χ0) is 16.0. The Bertz CT molecular complexity index is 483. The third-order valence-electron chi connectivity index (χ3n) is 2.95. The van der Waals surface area contributed by atoms with E-state index in [2.05, 4.69) is 5.32 Å². The van der Waals surface area contributed by atoms with Gasteiger partial charge in [-0.15, -0.1) is 0 Å². The molecule has 6 nitrogen and oxygen atoms in total. The van der Waals surface area contributed by atoms with Gasteiger partial charge in [0.25, 0.3) is 0 Å². The van der Waals surface area contributed by atoms with Gasteiger partial charge in [-0.25, -0.2) is 0 Å². The van der Waals surface area contributed by atoms with Crippen molar-refractivity contribution in [2.24, 2.45) is 0 Å². The second-order valence-corrected chi connectivity index (χ2v) is 6.04. The lowest BCUT2D eigenvalue weighted by Gasteiger charge is -2.20. The van der Waals surface area contributed by atoms with Crippen LogP contribution in [0.15, 0.2) is 18.2 Å². The quantitative estimate of drug-likeness (QED) is 0.597. The molecule has 1 aromatic carbocycles. The number of nitrogens with one attached hydrogen (secondary N) is 1. The molecule has 0 saturated carbocycles. The maximum Gasteiger partial charge on any atom is 0.310 e. The number of benzene rings is 1. The summed E-state index contributed by atoms with van der Waals surface area (Å²) >= 11 is 0. The minimum absolute atomic E-state index is 0.0405. The highest BCUT2D eigenvalue weighted by Gasteiger charge is 2.17. The van der Waals surface area contributed by atoms with Gasteiger partial charge in [-0.1, -0.05) is 13.0 Å². The molecule has 0 saturated heterocycles. The number of ether oxygens (including phenoxy) is 1. The van der Waals surface area contributed by atoms with Gasteiger partial charge < -0.3 is 15.2 Å². The fourth-order valence-corrected chi connectivity index (χ4v) is 1.61. The van der Waals surface area contributed by atoms with Crippen molar-refractivity contribution in [3.63, 3.8) is 0 Å². The summed E-state index contributed by atoms with van der Waals surface area (Å²) in [4.78, 5) is 10.5. The molecule has 1 unspecified atom stereocenters. The molecule has 0 aliphatic heterocycles. The van der Waals surface area contributed by atoms with Gasteiger partial charge in [0, 0.05) is 18.2 Å². The molecule has 0 radical (unpaired) electrons. The van der Waals surface area contributed by atoms with E-state index in [1.165, 1.54) is 6.07 Å². The van der Waals surface area contributed by atoms with Crippen LogP contribution in [-0.2, 0) is 6.54 Å². The predicted molar refractivity (Wildman–Crippen MR) is 81.5 cm³/mol. The van der Waals surface area contributed by atoms with Crippen molar-refractivity contribution in [2.45, 2.75) is 52.3 Å². The first-order valence-corrected chi connectivity index (χ1v) is 7.06. The number of aliphatic hydroxyl groups is 1. The first-order chi connectivity index (χ1) is 9.73. The zero-order valence-corrected chi connectivity index (χ0v) is 13.0. The highest BCUT2D eigenvalue weighted by atomic mass is 16.6. The molecular formula is C15H24N2O4. The summed E-state index contributed by atoms with van der Waals surface area (Å²) in [5.41, 5.74) is 0.774. The third kappa shape index (κ3) is 6.10. The second-order valence-electron chi connectivity index (χ2n) is 6.04. The smallest absolute Gasteiger partial charge is 0.310 e. The van der Waals surface area contributed by atoms with Gasteiger partial charge in [0.2, 0.25) is 0 Å². The summed E-state index contributed by atoms with van der Waals surface area (Å²) < 4.78 is 5.40. The normalized spacial score (nSPS) is 13.0. The lowest BCUT2D eigenvalue weighted by molar-refractivity contribution is -0.385. The third-order valence-corrected chi connectivity index (χ3v) is 2.95. The van der Waals surface area contributed by atoms with Crippen LogP contribution in [0.4, 0.5) is 5.69 Å². The van der Waals surface area contributed by atoms with Gasteiger partial charge in [0.15, 0.2) is 5.75 Å². The number of nitrogens with zero attached hydrogens (tertiary/aromatic N) is 1. The lowest BCUT2D eigenvalue weighted by Crippen LogP contribution is -2.35. The summed E-state index contributed by atoms with van der Waals surface area (Å²) in [6.45, 7) is 8.61. The van der Waals surface area contributed by atoms with Crippen LogP contribution in [0.25, 0.3) is 0 Å². The number of nitro benzene ring substituents is 1. The molecule has 1 atom stereocenters. The van der Waals surface area contributed by atoms with Crippen molar-refractivity contribution in [3.8, 4) is 5.75 Å². The van der Waals surface area contributed by atoms with Crippen LogP contribution in [0.5, 0.6) is 5.75 Å². The molecule has 6 heteroatoms. The Labute approximate surface area is 125 Å². The average Bonchev–Trinajstić information content (AvgIpc) is 2.41. The van der Waals surface area contributed by atoms with Gasteiger partial charge in [-0.3, -0.25) is 10.1 Å². The van der Waals surface area contributed by atoms with E-state index in [9.17, 15) is 15.2 Å². The molecule has 0 aromatic heterocycles. The van der Waals surface area contributed by atoms with E-state index in [0.29, 0.717) is 13.0 Å². The van der Waals surface area contributed by atoms with E-state index in [4.69, 9.17) is 4.74 Å². The van der Waals surface area contributed by atoms with Crippen LogP contribution >= 0.6 is 0 Å². The molecule has 0 fully saturated rings. The number of hydrogen-bond acceptors (Lipinski definition) is 5. The average molecular weight is 296 g/mol. The monoisotopic (exact) mass is 296 g/mol. The summed E-state index contributed by atoms with van der Waals surface area (Å²) in [5, 5.41) is 23.8. The highest BCUT2D eigenvalue weighted by Crippen LogP contribution is 2.28. The molecule has 0 spiro atoms. The van der Waals surface area contributed by atoms with Crippen molar-refractivity contribution in [1.82, 2.24) is 5.32 Å². The van der Waals surface area contributed by atoms with Crippen molar-refractivity contribution in [1.29, 1.82) is 0 Å². The highest BCUT2D eigenvalue weighted by molar-refractivity contribution is 5.48. The summed E-state index contributed by atoms with van der Waals surface area (Å²) in [6.07, 6.45) is -0.0834. The van der Waals surface area contributed by atoms with Gasteiger partial charge in [0.05, 0.1) is 11.0 Å². The van der Waals surface area contributed by atoms with Crippen LogP contribution in [0.1, 0.15) is 39.7 Å². The second kappa shape index (κ2) is 7.38. The molecular weight excluding hydrogens is 272 g/mol. The van der Waals surface area contributed by atoms with E-state index in [1.807, 2.05) is 27.7 Å². The van der Waals surface area contributed by atoms with Crippen molar-refractivity contribution in [3.05, 3.63) is 33.9 Å². The van der Waals surface area contributed by atoms with E-state index in [-0.39, 0.29) is 23.6 Å².